The van der Waals surface area contributed by atoms with Gasteiger partial charge in [0.2, 0.25) is 0 Å². The van der Waals surface area contributed by atoms with E-state index in [-0.39, 0.29) is 22.0 Å². The standard InChI is InChI=1S/C19H16N4O3/c1-10(2)16-12(20-9-21-16)8-13-19(25)23-14(18(24)22-13)7-11-5-4-6-15(26-3)17(11)23/h4-9H,1H2,2-3H3,(H,20,21)(H,22,24)/b13-8-. The molecule has 1 aromatic carbocycles. The highest BCUT2D eigenvalue weighted by atomic mass is 16.5. The Morgan fingerprint density at radius 3 is 2.88 bits per heavy atom. The van der Waals surface area contributed by atoms with E-state index in [9.17, 15) is 9.59 Å². The van der Waals surface area contributed by atoms with Crippen molar-refractivity contribution in [2.45, 2.75) is 6.92 Å². The second-order valence-electron chi connectivity index (χ2n) is 6.02. The molecule has 0 aliphatic carbocycles. The Morgan fingerprint density at radius 1 is 1.35 bits per heavy atom. The number of allylic oxidation sites excluding steroid dienone is 1. The summed E-state index contributed by atoms with van der Waals surface area (Å²) in [5, 5.41) is 0.895. The maximum absolute atomic E-state index is 13.1. The molecule has 0 spiro atoms. The molecular formula is C19H16N4O3. The molecule has 0 saturated carbocycles. The van der Waals surface area contributed by atoms with Gasteiger partial charge in [-0.25, -0.2) is 4.98 Å². The van der Waals surface area contributed by atoms with Crippen LogP contribution in [0.4, 0.5) is 0 Å². The average Bonchev–Trinajstić information content (AvgIpc) is 3.23. The van der Waals surface area contributed by atoms with Crippen LogP contribution >= 0.6 is 0 Å². The van der Waals surface area contributed by atoms with E-state index >= 15 is 0 Å². The van der Waals surface area contributed by atoms with Gasteiger partial charge in [-0.1, -0.05) is 18.7 Å². The maximum Gasteiger partial charge on any atom is 0.279 e. The first-order valence-corrected chi connectivity index (χ1v) is 7.96. The predicted molar refractivity (Wildman–Crippen MR) is 100 cm³/mol. The van der Waals surface area contributed by atoms with Gasteiger partial charge in [0.25, 0.3) is 11.1 Å². The smallest absolute Gasteiger partial charge is 0.279 e. The summed E-state index contributed by atoms with van der Waals surface area (Å²) < 4.78 is 6.75. The van der Waals surface area contributed by atoms with Crippen LogP contribution in [-0.4, -0.2) is 26.5 Å². The fraction of sp³-hybridized carbons (Fsp3) is 0.105. The average molecular weight is 348 g/mol. The molecule has 0 aliphatic rings. The van der Waals surface area contributed by atoms with E-state index in [1.807, 2.05) is 19.1 Å². The highest BCUT2D eigenvalue weighted by Gasteiger charge is 2.14. The Kier molecular flexibility index (Phi) is 3.50. The van der Waals surface area contributed by atoms with Crippen LogP contribution in [-0.2, 0) is 0 Å². The molecule has 0 radical (unpaired) electrons. The van der Waals surface area contributed by atoms with Crippen LogP contribution in [0.3, 0.4) is 0 Å². The highest BCUT2D eigenvalue weighted by Crippen LogP contribution is 2.26. The van der Waals surface area contributed by atoms with Gasteiger partial charge in [0, 0.05) is 5.39 Å². The van der Waals surface area contributed by atoms with Gasteiger partial charge in [-0.15, -0.1) is 0 Å². The topological polar surface area (TPSA) is 92.2 Å². The molecule has 3 heterocycles. The van der Waals surface area contributed by atoms with E-state index in [0.29, 0.717) is 22.7 Å². The van der Waals surface area contributed by atoms with E-state index in [1.54, 1.807) is 18.2 Å². The summed E-state index contributed by atoms with van der Waals surface area (Å²) in [7, 11) is 1.53. The number of methoxy groups -OCH3 is 1. The first-order chi connectivity index (χ1) is 12.5. The zero-order valence-electron chi connectivity index (χ0n) is 14.3. The number of fused-ring (bicyclic) bond motifs is 3. The third kappa shape index (κ3) is 2.25. The van der Waals surface area contributed by atoms with Crippen molar-refractivity contribution in [2.75, 3.05) is 7.11 Å². The zero-order valence-corrected chi connectivity index (χ0v) is 14.3. The lowest BCUT2D eigenvalue weighted by atomic mass is 10.2. The zero-order chi connectivity index (χ0) is 18.4. The summed E-state index contributed by atoms with van der Waals surface area (Å²) in [5.74, 6) is 0.526. The van der Waals surface area contributed by atoms with Gasteiger partial charge in [0.15, 0.2) is 0 Å². The highest BCUT2D eigenvalue weighted by molar-refractivity contribution is 5.91. The SMILES string of the molecule is C=C(C)c1[nH]cnc1/C=c1\[nH]c(=O)c2cc3cccc(OC)c3n2c1=O. The number of para-hydroxylation sites is 1. The van der Waals surface area contributed by atoms with Crippen molar-refractivity contribution in [2.24, 2.45) is 0 Å². The molecule has 2 N–H and O–H groups in total. The maximum atomic E-state index is 13.1. The third-order valence-corrected chi connectivity index (χ3v) is 4.30. The molecule has 130 valence electrons. The van der Waals surface area contributed by atoms with Crippen LogP contribution in [0.15, 0.2) is 46.8 Å². The van der Waals surface area contributed by atoms with Crippen molar-refractivity contribution < 1.29 is 4.74 Å². The fourth-order valence-corrected chi connectivity index (χ4v) is 3.12. The van der Waals surface area contributed by atoms with E-state index in [4.69, 9.17) is 4.74 Å². The van der Waals surface area contributed by atoms with Crippen molar-refractivity contribution >= 4 is 28.1 Å². The van der Waals surface area contributed by atoms with Crippen molar-refractivity contribution in [1.29, 1.82) is 0 Å². The Hall–Kier alpha value is -3.61. The summed E-state index contributed by atoms with van der Waals surface area (Å²) in [5.41, 5.74) is 2.15. The van der Waals surface area contributed by atoms with Crippen LogP contribution in [0.5, 0.6) is 5.75 Å². The summed E-state index contributed by atoms with van der Waals surface area (Å²) in [6.07, 6.45) is 3.07. The Balaban J connectivity index is 2.15. The second-order valence-corrected chi connectivity index (χ2v) is 6.02. The normalized spacial score (nSPS) is 12.2. The van der Waals surface area contributed by atoms with Crippen LogP contribution < -0.4 is 21.2 Å². The molecule has 0 aliphatic heterocycles. The number of benzene rings is 1. The minimum absolute atomic E-state index is 0.139. The van der Waals surface area contributed by atoms with Gasteiger partial charge >= 0.3 is 0 Å². The molecule has 4 rings (SSSR count). The van der Waals surface area contributed by atoms with E-state index in [1.165, 1.54) is 17.8 Å². The van der Waals surface area contributed by atoms with Gasteiger partial charge in [-0.3, -0.25) is 14.0 Å². The molecule has 0 amide bonds. The monoisotopic (exact) mass is 348 g/mol. The lowest BCUT2D eigenvalue weighted by Gasteiger charge is -2.03. The molecule has 0 fully saturated rings. The first-order valence-electron chi connectivity index (χ1n) is 7.96. The number of hydrogen-bond donors (Lipinski definition) is 2. The second kappa shape index (κ2) is 5.73. The number of ether oxygens (including phenoxy) is 1. The summed E-state index contributed by atoms with van der Waals surface area (Å²) >= 11 is 0. The Bertz CT molecular complexity index is 1340. The lowest BCUT2D eigenvalue weighted by molar-refractivity contribution is 0.418. The van der Waals surface area contributed by atoms with Gasteiger partial charge in [0.05, 0.1) is 30.3 Å². The van der Waals surface area contributed by atoms with Crippen LogP contribution in [0.2, 0.25) is 0 Å². The number of aromatic amines is 2. The molecule has 3 aromatic heterocycles. The van der Waals surface area contributed by atoms with E-state index in [0.717, 1.165) is 11.0 Å². The Morgan fingerprint density at radius 2 is 2.15 bits per heavy atom. The molecule has 0 saturated heterocycles. The minimum atomic E-state index is -0.360. The fourth-order valence-electron chi connectivity index (χ4n) is 3.12. The quantitative estimate of drug-likeness (QED) is 0.586. The number of hydrogen-bond acceptors (Lipinski definition) is 4. The molecule has 4 aromatic rings. The minimum Gasteiger partial charge on any atom is -0.495 e. The van der Waals surface area contributed by atoms with Crippen molar-refractivity contribution in [3.63, 3.8) is 0 Å². The third-order valence-electron chi connectivity index (χ3n) is 4.30. The van der Waals surface area contributed by atoms with Crippen LogP contribution in [0.25, 0.3) is 28.1 Å². The number of aromatic nitrogens is 4. The summed E-state index contributed by atoms with van der Waals surface area (Å²) in [4.78, 5) is 35.5. The lowest BCUT2D eigenvalue weighted by Crippen LogP contribution is -2.39. The molecule has 7 heteroatoms. The molecule has 0 atom stereocenters. The van der Waals surface area contributed by atoms with Gasteiger partial charge < -0.3 is 14.7 Å². The number of nitrogens with zero attached hydrogens (tertiary/aromatic N) is 2. The predicted octanol–water partition coefficient (Wildman–Crippen LogP) is 1.45. The molecule has 0 bridgehead atoms. The van der Waals surface area contributed by atoms with Crippen LogP contribution in [0, 0.1) is 0 Å². The van der Waals surface area contributed by atoms with Crippen molar-refractivity contribution in [1.82, 2.24) is 19.4 Å². The summed E-state index contributed by atoms with van der Waals surface area (Å²) in [6, 6.07) is 7.08. The summed E-state index contributed by atoms with van der Waals surface area (Å²) in [6.45, 7) is 5.71. The van der Waals surface area contributed by atoms with E-state index < -0.39 is 0 Å². The number of H-pyrrole nitrogens is 2. The largest absolute Gasteiger partial charge is 0.495 e. The van der Waals surface area contributed by atoms with Gasteiger partial charge in [-0.2, -0.15) is 0 Å². The van der Waals surface area contributed by atoms with Crippen LogP contribution in [0.1, 0.15) is 18.3 Å². The first kappa shape index (κ1) is 15.9. The Labute approximate surface area is 147 Å². The number of nitrogens with one attached hydrogen (secondary N) is 2. The number of imidazole rings is 1. The van der Waals surface area contributed by atoms with Crippen molar-refractivity contribution in [3.8, 4) is 5.75 Å². The van der Waals surface area contributed by atoms with E-state index in [2.05, 4.69) is 21.5 Å². The molecule has 0 unspecified atom stereocenters. The molecular weight excluding hydrogens is 332 g/mol. The molecule has 7 nitrogen and oxygen atoms in total. The molecule has 26 heavy (non-hydrogen) atoms. The number of rotatable bonds is 3. The van der Waals surface area contributed by atoms with Gasteiger partial charge in [0.1, 0.15) is 16.6 Å². The van der Waals surface area contributed by atoms with Gasteiger partial charge in [-0.05, 0) is 30.7 Å². The van der Waals surface area contributed by atoms with Crippen molar-refractivity contribution in [3.05, 3.63) is 74.6 Å².